The Morgan fingerprint density at radius 3 is 2.65 bits per heavy atom. The van der Waals surface area contributed by atoms with Crippen LogP contribution in [0.2, 0.25) is 10.2 Å². The molecule has 0 saturated carbocycles. The predicted molar refractivity (Wildman–Crippen MR) is 61.6 cm³/mol. The minimum absolute atomic E-state index is 0.0376. The summed E-state index contributed by atoms with van der Waals surface area (Å²) in [5, 5.41) is 3.46. The maximum Gasteiger partial charge on any atom is 0.263 e. The summed E-state index contributed by atoms with van der Waals surface area (Å²) in [6.07, 6.45) is 3.48. The van der Waals surface area contributed by atoms with Gasteiger partial charge in [0.25, 0.3) is 10.0 Å². The van der Waals surface area contributed by atoms with Crippen molar-refractivity contribution in [1.82, 2.24) is 10.1 Å². The summed E-state index contributed by atoms with van der Waals surface area (Å²) in [5.41, 5.74) is 0.205. The number of hydrogen-bond donors (Lipinski definition) is 1. The lowest BCUT2D eigenvalue weighted by Crippen LogP contribution is -2.12. The summed E-state index contributed by atoms with van der Waals surface area (Å²) in [6, 6.07) is 1.20. The van der Waals surface area contributed by atoms with E-state index >= 15 is 0 Å². The molecule has 2 aromatic rings. The monoisotopic (exact) mass is 293 g/mol. The van der Waals surface area contributed by atoms with Crippen LogP contribution in [-0.4, -0.2) is 18.6 Å². The van der Waals surface area contributed by atoms with E-state index in [9.17, 15) is 8.42 Å². The Kier molecular flexibility index (Phi) is 3.23. The zero-order chi connectivity index (χ0) is 12.5. The van der Waals surface area contributed by atoms with Crippen molar-refractivity contribution in [1.29, 1.82) is 0 Å². The van der Waals surface area contributed by atoms with Gasteiger partial charge in [-0.05, 0) is 6.07 Å². The lowest BCUT2D eigenvalue weighted by molar-refractivity contribution is 0.420. The van der Waals surface area contributed by atoms with E-state index in [1.54, 1.807) is 0 Å². The second kappa shape index (κ2) is 4.52. The summed E-state index contributed by atoms with van der Waals surface area (Å²) in [4.78, 5) is 3.55. The van der Waals surface area contributed by atoms with Gasteiger partial charge < -0.3 is 4.52 Å². The van der Waals surface area contributed by atoms with Gasteiger partial charge >= 0.3 is 0 Å². The summed E-state index contributed by atoms with van der Waals surface area (Å²) < 4.78 is 30.4. The molecule has 17 heavy (non-hydrogen) atoms. The summed E-state index contributed by atoms with van der Waals surface area (Å²) >= 11 is 11.3. The molecule has 0 atom stereocenters. The van der Waals surface area contributed by atoms with Gasteiger partial charge in [-0.2, -0.15) is 0 Å². The molecule has 6 nitrogen and oxygen atoms in total. The maximum absolute atomic E-state index is 11.8. The molecule has 90 valence electrons. The highest BCUT2D eigenvalue weighted by molar-refractivity contribution is 7.92. The molecule has 0 aliphatic rings. The van der Waals surface area contributed by atoms with Gasteiger partial charge in [-0.15, -0.1) is 0 Å². The van der Waals surface area contributed by atoms with E-state index in [1.165, 1.54) is 12.3 Å². The molecule has 2 aromatic heterocycles. The van der Waals surface area contributed by atoms with E-state index in [4.69, 9.17) is 23.2 Å². The number of hydrogen-bond acceptors (Lipinski definition) is 5. The molecular weight excluding hydrogens is 289 g/mol. The average Bonchev–Trinajstić information content (AvgIpc) is 2.73. The van der Waals surface area contributed by atoms with Crippen LogP contribution in [0, 0.1) is 0 Å². The Morgan fingerprint density at radius 2 is 2.06 bits per heavy atom. The van der Waals surface area contributed by atoms with Gasteiger partial charge in [0.15, 0.2) is 0 Å². The Labute approximate surface area is 107 Å². The first-order valence-corrected chi connectivity index (χ1v) is 6.46. The molecule has 9 heteroatoms. The number of halogens is 2. The topological polar surface area (TPSA) is 85.1 Å². The van der Waals surface area contributed by atoms with Crippen LogP contribution in [0.5, 0.6) is 0 Å². The average molecular weight is 294 g/mol. The molecule has 0 aliphatic carbocycles. The number of pyridine rings is 1. The number of anilines is 1. The molecule has 0 amide bonds. The molecule has 2 heterocycles. The summed E-state index contributed by atoms with van der Waals surface area (Å²) in [6.45, 7) is 0. The van der Waals surface area contributed by atoms with Crippen LogP contribution in [-0.2, 0) is 10.0 Å². The predicted octanol–water partition coefficient (Wildman–Crippen LogP) is 2.18. The Hall–Kier alpha value is -1.31. The van der Waals surface area contributed by atoms with Gasteiger partial charge in [-0.1, -0.05) is 28.4 Å². The highest BCUT2D eigenvalue weighted by Gasteiger charge is 2.17. The van der Waals surface area contributed by atoms with E-state index < -0.39 is 10.0 Å². The number of nitrogens with one attached hydrogen (secondary N) is 1. The van der Waals surface area contributed by atoms with E-state index in [2.05, 4.69) is 19.4 Å². The van der Waals surface area contributed by atoms with Crippen LogP contribution < -0.4 is 4.72 Å². The minimum atomic E-state index is -3.78. The molecule has 1 N–H and O–H groups in total. The van der Waals surface area contributed by atoms with Crippen molar-refractivity contribution in [2.45, 2.75) is 4.90 Å². The molecule has 0 saturated heterocycles. The van der Waals surface area contributed by atoms with E-state index in [-0.39, 0.29) is 20.8 Å². The molecule has 0 radical (unpaired) electrons. The van der Waals surface area contributed by atoms with Gasteiger partial charge in [-0.3, -0.25) is 4.72 Å². The first-order chi connectivity index (χ1) is 7.99. The van der Waals surface area contributed by atoms with E-state index in [0.717, 1.165) is 12.5 Å². The second-order valence-electron chi connectivity index (χ2n) is 2.96. The first kappa shape index (κ1) is 12.2. The number of sulfonamides is 1. The fourth-order valence-corrected chi connectivity index (χ4v) is 2.35. The molecule has 0 fully saturated rings. The van der Waals surface area contributed by atoms with Crippen LogP contribution >= 0.6 is 23.2 Å². The van der Waals surface area contributed by atoms with Crippen LogP contribution in [0.1, 0.15) is 0 Å². The maximum atomic E-state index is 11.8. The van der Waals surface area contributed by atoms with E-state index in [1.807, 2.05) is 0 Å². The molecule has 0 aromatic carbocycles. The Bertz CT molecular complexity index is 627. The van der Waals surface area contributed by atoms with Gasteiger partial charge in [0.05, 0.1) is 11.2 Å². The summed E-state index contributed by atoms with van der Waals surface area (Å²) in [7, 11) is -3.78. The van der Waals surface area contributed by atoms with Crippen molar-refractivity contribution in [3.8, 4) is 0 Å². The van der Waals surface area contributed by atoms with Crippen molar-refractivity contribution in [2.75, 3.05) is 4.72 Å². The number of nitrogens with zero attached hydrogens (tertiary/aromatic N) is 2. The quantitative estimate of drug-likeness (QED) is 0.877. The molecule has 0 unspecified atom stereocenters. The molecule has 0 bridgehead atoms. The van der Waals surface area contributed by atoms with Crippen LogP contribution in [0.15, 0.2) is 34.1 Å². The smallest absolute Gasteiger partial charge is 0.263 e. The first-order valence-electron chi connectivity index (χ1n) is 4.22. The third-order valence-electron chi connectivity index (χ3n) is 1.77. The van der Waals surface area contributed by atoms with Crippen molar-refractivity contribution in [2.24, 2.45) is 0 Å². The Balaban J connectivity index is 2.35. The number of aromatic nitrogens is 2. The third kappa shape index (κ3) is 2.68. The Morgan fingerprint density at radius 1 is 1.29 bits per heavy atom. The van der Waals surface area contributed by atoms with Gasteiger partial charge in [-0.25, -0.2) is 13.4 Å². The normalized spacial score (nSPS) is 11.4. The van der Waals surface area contributed by atoms with Crippen LogP contribution in [0.4, 0.5) is 5.69 Å². The lowest BCUT2D eigenvalue weighted by atomic mass is 10.5. The number of rotatable bonds is 3. The highest BCUT2D eigenvalue weighted by atomic mass is 35.5. The zero-order valence-electron chi connectivity index (χ0n) is 8.09. The van der Waals surface area contributed by atoms with Crippen molar-refractivity contribution in [3.05, 3.63) is 34.9 Å². The second-order valence-corrected chi connectivity index (χ2v) is 5.41. The van der Waals surface area contributed by atoms with Gasteiger partial charge in [0.1, 0.15) is 22.0 Å². The SMILES string of the molecule is O=S(=O)(Nc1cnoc1)c1cnc(Cl)c(Cl)c1. The lowest BCUT2D eigenvalue weighted by Gasteiger charge is -2.05. The van der Waals surface area contributed by atoms with Gasteiger partial charge in [0, 0.05) is 6.20 Å². The standard InChI is InChI=1S/C8H5Cl2N3O3S/c9-7-1-6(3-11-8(7)10)17(14,15)13-5-2-12-16-4-5/h1-4,13H. The fourth-order valence-electron chi connectivity index (χ4n) is 1.02. The van der Waals surface area contributed by atoms with E-state index in [0.29, 0.717) is 0 Å². The van der Waals surface area contributed by atoms with Crippen molar-refractivity contribution < 1.29 is 12.9 Å². The largest absolute Gasteiger partial charge is 0.362 e. The fraction of sp³-hybridized carbons (Fsp3) is 0. The summed E-state index contributed by atoms with van der Waals surface area (Å²) in [5.74, 6) is 0. The highest BCUT2D eigenvalue weighted by Crippen LogP contribution is 2.23. The van der Waals surface area contributed by atoms with Crippen molar-refractivity contribution >= 4 is 38.9 Å². The molecule has 2 rings (SSSR count). The zero-order valence-corrected chi connectivity index (χ0v) is 10.4. The molecular formula is C8H5Cl2N3O3S. The minimum Gasteiger partial charge on any atom is -0.362 e. The van der Waals surface area contributed by atoms with Crippen LogP contribution in [0.25, 0.3) is 0 Å². The molecule has 0 aliphatic heterocycles. The van der Waals surface area contributed by atoms with Crippen LogP contribution in [0.3, 0.4) is 0 Å². The third-order valence-corrected chi connectivity index (χ3v) is 3.80. The van der Waals surface area contributed by atoms with Gasteiger partial charge in [0.2, 0.25) is 0 Å². The molecule has 0 spiro atoms. The van der Waals surface area contributed by atoms with Crippen molar-refractivity contribution in [3.63, 3.8) is 0 Å².